The Morgan fingerprint density at radius 3 is 2.67 bits per heavy atom. The van der Waals surface area contributed by atoms with E-state index in [0.29, 0.717) is 35.6 Å². The zero-order valence-corrected chi connectivity index (χ0v) is 17.9. The van der Waals surface area contributed by atoms with Crippen molar-refractivity contribution in [1.82, 2.24) is 4.98 Å². The third-order valence-corrected chi connectivity index (χ3v) is 4.96. The first kappa shape index (κ1) is 23.3. The molecule has 0 spiro atoms. The van der Waals surface area contributed by atoms with E-state index in [-0.39, 0.29) is 26.4 Å². The first-order valence-corrected chi connectivity index (χ1v) is 10.2. The summed E-state index contributed by atoms with van der Waals surface area (Å²) >= 11 is 0. The second kappa shape index (κ2) is 10.1. The summed E-state index contributed by atoms with van der Waals surface area (Å²) in [5.41, 5.74) is 2.66. The number of carbonyl (C=O) groups excluding carboxylic acids is 1. The molecule has 0 unspecified atom stereocenters. The van der Waals surface area contributed by atoms with Gasteiger partial charge in [-0.3, -0.25) is 4.79 Å². The predicted octanol–water partition coefficient (Wildman–Crippen LogP) is 5.72. The quantitative estimate of drug-likeness (QED) is 0.695. The van der Waals surface area contributed by atoms with Gasteiger partial charge in [-0.1, -0.05) is 26.0 Å². The van der Waals surface area contributed by atoms with Gasteiger partial charge in [-0.05, 0) is 43.5 Å². The predicted molar refractivity (Wildman–Crippen MR) is 117 cm³/mol. The fraction of sp³-hybridized carbons (Fsp3) is 0.435. The Labute approximate surface area is 178 Å². The molecule has 2 heterocycles. The molecule has 0 radical (unpaired) electrons. The van der Waals surface area contributed by atoms with Gasteiger partial charge in [0.15, 0.2) is 0 Å². The highest BCUT2D eigenvalue weighted by atomic mass is 19.3. The summed E-state index contributed by atoms with van der Waals surface area (Å²) in [5, 5.41) is 12.2. The molecule has 1 aliphatic rings. The van der Waals surface area contributed by atoms with Crippen molar-refractivity contribution >= 4 is 17.4 Å². The minimum absolute atomic E-state index is 0. The number of rotatable bonds is 3. The van der Waals surface area contributed by atoms with Crippen LogP contribution < -0.4 is 10.2 Å². The van der Waals surface area contributed by atoms with Crippen molar-refractivity contribution in [3.63, 3.8) is 0 Å². The van der Waals surface area contributed by atoms with E-state index in [1.54, 1.807) is 17.9 Å². The van der Waals surface area contributed by atoms with E-state index in [1.165, 1.54) is 6.20 Å². The molecular formula is C23H30F2N4O. The van der Waals surface area contributed by atoms with Crippen LogP contribution in [-0.4, -0.2) is 29.9 Å². The van der Waals surface area contributed by atoms with Crippen LogP contribution in [0.15, 0.2) is 30.5 Å². The largest absolute Gasteiger partial charge is 0.356 e. The summed E-state index contributed by atoms with van der Waals surface area (Å²) in [6.07, 6.45) is 1.25. The summed E-state index contributed by atoms with van der Waals surface area (Å²) in [5.74, 6) is -2.77. The molecule has 0 saturated carbocycles. The monoisotopic (exact) mass is 416 g/mol. The van der Waals surface area contributed by atoms with Gasteiger partial charge < -0.3 is 10.2 Å². The van der Waals surface area contributed by atoms with E-state index in [2.05, 4.69) is 10.3 Å². The smallest absolute Gasteiger partial charge is 0.259 e. The molecular weight excluding hydrogens is 386 g/mol. The number of halogens is 2. The number of anilines is 2. The lowest BCUT2D eigenvalue weighted by atomic mass is 10.0. The maximum absolute atomic E-state index is 13.8. The number of aromatic nitrogens is 1. The van der Waals surface area contributed by atoms with Crippen molar-refractivity contribution in [1.29, 1.82) is 5.26 Å². The molecule has 1 aliphatic heterocycles. The van der Waals surface area contributed by atoms with E-state index in [9.17, 15) is 18.8 Å². The normalized spacial score (nSPS) is 15.3. The minimum atomic E-state index is -2.71. The number of carbonyl (C=O) groups is 1. The molecule has 1 aromatic heterocycles. The molecule has 2 aromatic rings. The lowest BCUT2D eigenvalue weighted by Crippen LogP contribution is -2.30. The van der Waals surface area contributed by atoms with Gasteiger partial charge in [-0.15, -0.1) is 0 Å². The number of hydrogen-bond acceptors (Lipinski definition) is 4. The van der Waals surface area contributed by atoms with Gasteiger partial charge in [0, 0.05) is 39.2 Å². The van der Waals surface area contributed by atoms with E-state index in [4.69, 9.17) is 0 Å². The van der Waals surface area contributed by atoms with Gasteiger partial charge in [0.05, 0.1) is 11.1 Å². The Morgan fingerprint density at radius 1 is 1.27 bits per heavy atom. The zero-order chi connectivity index (χ0) is 22.3. The van der Waals surface area contributed by atoms with Crippen molar-refractivity contribution in [2.45, 2.75) is 52.9 Å². The highest BCUT2D eigenvalue weighted by Crippen LogP contribution is 2.32. The van der Waals surface area contributed by atoms with Crippen molar-refractivity contribution in [2.75, 3.05) is 23.3 Å². The summed E-state index contributed by atoms with van der Waals surface area (Å²) in [7, 11) is 0. The molecule has 5 nitrogen and oxygen atoms in total. The SMILES string of the molecule is CC.Cc1cccc(NC(=O)c2c(N3CCCC(F)(F)CC3)ncc(C#N)c2C)c1.[HH]. The minimum Gasteiger partial charge on any atom is -0.356 e. The van der Waals surface area contributed by atoms with Gasteiger partial charge in [-0.2, -0.15) is 5.26 Å². The summed E-state index contributed by atoms with van der Waals surface area (Å²) < 4.78 is 27.5. The molecule has 1 aromatic carbocycles. The summed E-state index contributed by atoms with van der Waals surface area (Å²) in [4.78, 5) is 19.1. The van der Waals surface area contributed by atoms with E-state index >= 15 is 0 Å². The third-order valence-electron chi connectivity index (χ3n) is 4.96. The molecule has 7 heteroatoms. The van der Waals surface area contributed by atoms with Crippen molar-refractivity contribution in [3.05, 3.63) is 52.7 Å². The third kappa shape index (κ3) is 5.53. The Bertz CT molecular complexity index is 944. The standard InChI is InChI=1S/C21H22F2N4O.C2H6.H2/c1-14-5-3-6-17(11-14)26-20(28)18-15(2)16(12-24)13-25-19(18)27-9-4-7-21(22,23)8-10-27;1-2;/h3,5-6,11,13H,4,7-10H2,1-2H3,(H,26,28);1-2H3;1H. The molecule has 1 saturated heterocycles. The molecule has 3 rings (SSSR count). The Hall–Kier alpha value is -3.01. The molecule has 162 valence electrons. The van der Waals surface area contributed by atoms with Crippen molar-refractivity contribution in [2.24, 2.45) is 0 Å². The lowest BCUT2D eigenvalue weighted by molar-refractivity contribution is -0.0102. The van der Waals surface area contributed by atoms with Crippen molar-refractivity contribution in [3.8, 4) is 6.07 Å². The topological polar surface area (TPSA) is 69.0 Å². The Kier molecular flexibility index (Phi) is 7.87. The average Bonchev–Trinajstić information content (AvgIpc) is 2.89. The van der Waals surface area contributed by atoms with Crippen molar-refractivity contribution < 1.29 is 15.0 Å². The van der Waals surface area contributed by atoms with E-state index < -0.39 is 11.8 Å². The molecule has 1 amide bonds. The Balaban J connectivity index is 0.00000156. The van der Waals surface area contributed by atoms with Gasteiger partial charge in [0.2, 0.25) is 5.92 Å². The van der Waals surface area contributed by atoms with Crippen LogP contribution in [0, 0.1) is 25.2 Å². The first-order chi connectivity index (χ1) is 14.3. The number of hydrogen-bond donors (Lipinski definition) is 1. The van der Waals surface area contributed by atoms with Crippen LogP contribution in [0.25, 0.3) is 0 Å². The lowest BCUT2D eigenvalue weighted by Gasteiger charge is -2.25. The van der Waals surface area contributed by atoms with Crippen LogP contribution in [0.2, 0.25) is 0 Å². The molecule has 0 aliphatic carbocycles. The number of nitriles is 1. The van der Waals surface area contributed by atoms with Gasteiger partial charge in [0.25, 0.3) is 5.91 Å². The van der Waals surface area contributed by atoms with Gasteiger partial charge in [0.1, 0.15) is 11.9 Å². The fourth-order valence-electron chi connectivity index (χ4n) is 3.41. The number of aryl methyl sites for hydroxylation is 1. The number of nitrogens with zero attached hydrogens (tertiary/aromatic N) is 3. The second-order valence-electron chi connectivity index (χ2n) is 7.13. The number of amides is 1. The van der Waals surface area contributed by atoms with E-state index in [0.717, 1.165) is 5.56 Å². The maximum Gasteiger partial charge on any atom is 0.259 e. The second-order valence-corrected chi connectivity index (χ2v) is 7.13. The van der Waals surface area contributed by atoms with Crippen LogP contribution in [0.1, 0.15) is 61.6 Å². The Morgan fingerprint density at radius 2 is 2.00 bits per heavy atom. The number of nitrogens with one attached hydrogen (secondary N) is 1. The van der Waals surface area contributed by atoms with Crippen LogP contribution in [-0.2, 0) is 0 Å². The van der Waals surface area contributed by atoms with Gasteiger partial charge in [-0.25, -0.2) is 13.8 Å². The van der Waals surface area contributed by atoms with E-state index in [1.807, 2.05) is 45.0 Å². The molecule has 0 bridgehead atoms. The first-order valence-electron chi connectivity index (χ1n) is 10.2. The zero-order valence-electron chi connectivity index (χ0n) is 17.9. The number of benzene rings is 1. The highest BCUT2D eigenvalue weighted by Gasteiger charge is 2.33. The molecule has 0 atom stereocenters. The molecule has 1 N–H and O–H groups in total. The summed E-state index contributed by atoms with van der Waals surface area (Å²) in [6, 6.07) is 9.40. The van der Waals surface area contributed by atoms with Crippen LogP contribution >= 0.6 is 0 Å². The number of alkyl halides is 2. The van der Waals surface area contributed by atoms with Crippen LogP contribution in [0.5, 0.6) is 0 Å². The average molecular weight is 417 g/mol. The van der Waals surface area contributed by atoms with Gasteiger partial charge >= 0.3 is 0 Å². The van der Waals surface area contributed by atoms with Crippen LogP contribution in [0.4, 0.5) is 20.3 Å². The number of pyridine rings is 1. The summed E-state index contributed by atoms with van der Waals surface area (Å²) in [6.45, 7) is 8.09. The van der Waals surface area contributed by atoms with Crippen LogP contribution in [0.3, 0.4) is 0 Å². The molecule has 1 fully saturated rings. The maximum atomic E-state index is 13.8. The molecule has 30 heavy (non-hydrogen) atoms. The fourth-order valence-corrected chi connectivity index (χ4v) is 3.41. The highest BCUT2D eigenvalue weighted by molar-refractivity contribution is 6.09.